The number of carbonyl (C=O) groups is 2. The van der Waals surface area contributed by atoms with Crippen LogP contribution >= 0.6 is 0 Å². The molecule has 1 unspecified atom stereocenters. The maximum absolute atomic E-state index is 15.4. The molecule has 37 heavy (non-hydrogen) atoms. The Morgan fingerprint density at radius 1 is 1.24 bits per heavy atom. The van der Waals surface area contributed by atoms with E-state index in [0.29, 0.717) is 12.1 Å². The number of carbonyl (C=O) groups excluding carboxylic acids is 1. The van der Waals surface area contributed by atoms with Crippen molar-refractivity contribution < 1.29 is 19.1 Å². The molecule has 8 heteroatoms. The first kappa shape index (κ1) is 28.0. The maximum atomic E-state index is 15.4. The number of nitrogens with zero attached hydrogens (tertiary/aromatic N) is 2. The minimum absolute atomic E-state index is 0.0693. The van der Waals surface area contributed by atoms with E-state index in [2.05, 4.69) is 23.3 Å². The number of carboxylic acids is 1. The number of pyridine rings is 2. The van der Waals surface area contributed by atoms with Crippen molar-refractivity contribution in [1.82, 2.24) is 14.9 Å². The molecule has 3 rings (SSSR count). The Morgan fingerprint density at radius 2 is 1.95 bits per heavy atom. The zero-order valence-electron chi connectivity index (χ0n) is 22.3. The highest BCUT2D eigenvalue weighted by molar-refractivity contribution is 5.82. The van der Waals surface area contributed by atoms with Crippen molar-refractivity contribution in [3.05, 3.63) is 80.8 Å². The Bertz CT molecular complexity index is 1310. The SMILES string of the molecule is CC1=C(c2cc([C@H](CC(=O)O)NC(=O)[C@@H](CC(C)C)n3ccc(C)cc3=O)c(F)c(C)n2)C(C)CC=C1. The van der Waals surface area contributed by atoms with Gasteiger partial charge in [-0.1, -0.05) is 32.9 Å². The summed E-state index contributed by atoms with van der Waals surface area (Å²) in [5.41, 5.74) is 3.19. The number of nitrogens with one attached hydrogen (secondary N) is 1. The van der Waals surface area contributed by atoms with E-state index in [4.69, 9.17) is 0 Å². The lowest BCUT2D eigenvalue weighted by molar-refractivity contribution is -0.138. The van der Waals surface area contributed by atoms with Crippen LogP contribution in [-0.2, 0) is 9.59 Å². The first-order chi connectivity index (χ1) is 17.4. The predicted molar refractivity (Wildman–Crippen MR) is 142 cm³/mol. The van der Waals surface area contributed by atoms with Gasteiger partial charge in [-0.05, 0) is 74.3 Å². The van der Waals surface area contributed by atoms with Crippen LogP contribution in [0.3, 0.4) is 0 Å². The summed E-state index contributed by atoms with van der Waals surface area (Å²) >= 11 is 0. The lowest BCUT2D eigenvalue weighted by Crippen LogP contribution is -2.40. The molecule has 0 bridgehead atoms. The molecule has 0 radical (unpaired) electrons. The van der Waals surface area contributed by atoms with E-state index in [1.54, 1.807) is 25.3 Å². The number of halogens is 1. The van der Waals surface area contributed by atoms with Gasteiger partial charge in [-0.2, -0.15) is 0 Å². The molecule has 1 aliphatic rings. The van der Waals surface area contributed by atoms with E-state index in [-0.39, 0.29) is 28.7 Å². The van der Waals surface area contributed by atoms with Crippen LogP contribution < -0.4 is 10.9 Å². The van der Waals surface area contributed by atoms with E-state index < -0.39 is 36.2 Å². The molecule has 0 saturated heterocycles. The van der Waals surface area contributed by atoms with Crippen LogP contribution in [0.4, 0.5) is 4.39 Å². The van der Waals surface area contributed by atoms with E-state index in [0.717, 1.165) is 23.1 Å². The van der Waals surface area contributed by atoms with Gasteiger partial charge in [-0.15, -0.1) is 0 Å². The fourth-order valence-corrected chi connectivity index (χ4v) is 4.89. The lowest BCUT2D eigenvalue weighted by Gasteiger charge is -2.26. The average molecular weight is 510 g/mol. The van der Waals surface area contributed by atoms with Crippen molar-refractivity contribution in [3.8, 4) is 0 Å². The molecule has 2 aromatic heterocycles. The van der Waals surface area contributed by atoms with Gasteiger partial charge < -0.3 is 15.0 Å². The molecule has 0 saturated carbocycles. The topological polar surface area (TPSA) is 101 Å². The number of amides is 1. The van der Waals surface area contributed by atoms with Crippen molar-refractivity contribution in [2.24, 2.45) is 11.8 Å². The van der Waals surface area contributed by atoms with Crippen molar-refractivity contribution >= 4 is 17.4 Å². The second-order valence-corrected chi connectivity index (χ2v) is 10.4. The zero-order valence-corrected chi connectivity index (χ0v) is 22.3. The van der Waals surface area contributed by atoms with Gasteiger partial charge in [0, 0.05) is 17.8 Å². The van der Waals surface area contributed by atoms with Crippen LogP contribution in [0.1, 0.15) is 81.6 Å². The summed E-state index contributed by atoms with van der Waals surface area (Å²) < 4.78 is 16.8. The molecule has 0 aromatic carbocycles. The molecule has 0 aliphatic heterocycles. The fourth-order valence-electron chi connectivity index (χ4n) is 4.89. The van der Waals surface area contributed by atoms with Gasteiger partial charge in [-0.25, -0.2) is 4.39 Å². The molecule has 2 heterocycles. The summed E-state index contributed by atoms with van der Waals surface area (Å²) in [6, 6.07) is 2.73. The van der Waals surface area contributed by atoms with Gasteiger partial charge in [0.25, 0.3) is 5.56 Å². The van der Waals surface area contributed by atoms with Crippen LogP contribution in [0.5, 0.6) is 0 Å². The third-order valence-electron chi connectivity index (χ3n) is 6.71. The van der Waals surface area contributed by atoms with Gasteiger partial charge in [0.2, 0.25) is 5.91 Å². The van der Waals surface area contributed by atoms with Gasteiger partial charge in [0.1, 0.15) is 11.9 Å². The third kappa shape index (κ3) is 6.61. The summed E-state index contributed by atoms with van der Waals surface area (Å²) in [4.78, 5) is 42.5. The Kier molecular flexibility index (Phi) is 8.84. The Balaban J connectivity index is 2.06. The molecule has 2 N–H and O–H groups in total. The first-order valence-corrected chi connectivity index (χ1v) is 12.6. The zero-order chi connectivity index (χ0) is 27.4. The van der Waals surface area contributed by atoms with Gasteiger partial charge in [-0.3, -0.25) is 19.4 Å². The third-order valence-corrected chi connectivity index (χ3v) is 6.71. The standard InChI is InChI=1S/C29H36FN3O4/c1-16(2)12-24(33-11-10-17(3)13-25(33)34)29(37)32-22(15-26(35)36)21-14-23(31-20(6)28(21)30)27-18(4)8-7-9-19(27)5/h7-8,10-11,13-14,16,19,22,24H,9,12,15H2,1-6H3,(H,32,37)(H,35,36)/t19?,22-,24+/m0/s1. The van der Waals surface area contributed by atoms with Gasteiger partial charge in [0.05, 0.1) is 23.9 Å². The highest BCUT2D eigenvalue weighted by Crippen LogP contribution is 2.35. The molecule has 0 fully saturated rings. The summed E-state index contributed by atoms with van der Waals surface area (Å²) in [7, 11) is 0. The Morgan fingerprint density at radius 3 is 2.54 bits per heavy atom. The lowest BCUT2D eigenvalue weighted by atomic mass is 9.85. The van der Waals surface area contributed by atoms with Crippen LogP contribution in [0, 0.1) is 31.5 Å². The summed E-state index contributed by atoms with van der Waals surface area (Å²) in [5, 5.41) is 12.4. The van der Waals surface area contributed by atoms with E-state index >= 15 is 4.39 Å². The fraction of sp³-hybridized carbons (Fsp3) is 0.448. The number of hydrogen-bond acceptors (Lipinski definition) is 4. The van der Waals surface area contributed by atoms with E-state index in [9.17, 15) is 19.5 Å². The van der Waals surface area contributed by atoms with Crippen LogP contribution in [-0.4, -0.2) is 26.5 Å². The maximum Gasteiger partial charge on any atom is 0.305 e. The van der Waals surface area contributed by atoms with Gasteiger partial charge >= 0.3 is 5.97 Å². The first-order valence-electron chi connectivity index (χ1n) is 12.6. The Hall–Kier alpha value is -3.55. The number of rotatable bonds is 9. The second kappa shape index (κ2) is 11.7. The van der Waals surface area contributed by atoms with E-state index in [1.165, 1.54) is 17.6 Å². The van der Waals surface area contributed by atoms with Crippen molar-refractivity contribution in [1.29, 1.82) is 0 Å². The number of aryl methyl sites for hydroxylation is 2. The average Bonchev–Trinajstić information content (AvgIpc) is 2.79. The molecular formula is C29H36FN3O4. The minimum atomic E-state index is -1.18. The number of allylic oxidation sites excluding steroid dienone is 4. The molecule has 7 nitrogen and oxygen atoms in total. The number of carboxylic acid groups (broad SMARTS) is 1. The number of aliphatic carboxylic acids is 1. The van der Waals surface area contributed by atoms with Gasteiger partial charge in [0.15, 0.2) is 0 Å². The molecule has 1 aliphatic carbocycles. The van der Waals surface area contributed by atoms with Crippen LogP contribution in [0.15, 0.2) is 46.9 Å². The highest BCUT2D eigenvalue weighted by atomic mass is 19.1. The van der Waals surface area contributed by atoms with E-state index in [1.807, 2.05) is 26.8 Å². The summed E-state index contributed by atoms with van der Waals surface area (Å²) in [5.74, 6) is -2.14. The monoisotopic (exact) mass is 509 g/mol. The highest BCUT2D eigenvalue weighted by Gasteiger charge is 2.30. The molecule has 0 spiro atoms. The predicted octanol–water partition coefficient (Wildman–Crippen LogP) is 5.29. The Labute approximate surface area is 217 Å². The molecule has 1 amide bonds. The summed E-state index contributed by atoms with van der Waals surface area (Å²) in [6.07, 6.45) is 6.30. The quantitative estimate of drug-likeness (QED) is 0.478. The van der Waals surface area contributed by atoms with Crippen molar-refractivity contribution in [3.63, 3.8) is 0 Å². The minimum Gasteiger partial charge on any atom is -0.481 e. The molecule has 198 valence electrons. The number of hydrogen-bond donors (Lipinski definition) is 2. The summed E-state index contributed by atoms with van der Waals surface area (Å²) in [6.45, 7) is 11.2. The second-order valence-electron chi connectivity index (χ2n) is 10.4. The normalized spacial score (nSPS) is 17.1. The molecule has 2 aromatic rings. The van der Waals surface area contributed by atoms with Crippen molar-refractivity contribution in [2.45, 2.75) is 72.9 Å². The largest absolute Gasteiger partial charge is 0.481 e. The molecular weight excluding hydrogens is 473 g/mol. The smallest absolute Gasteiger partial charge is 0.305 e. The van der Waals surface area contributed by atoms with Crippen LogP contribution in [0.2, 0.25) is 0 Å². The van der Waals surface area contributed by atoms with Crippen molar-refractivity contribution in [2.75, 3.05) is 0 Å². The number of aromatic nitrogens is 2. The molecule has 3 atom stereocenters. The van der Waals surface area contributed by atoms with Crippen LogP contribution in [0.25, 0.3) is 5.57 Å².